The van der Waals surface area contributed by atoms with Gasteiger partial charge in [0.2, 0.25) is 0 Å². The normalized spacial score (nSPS) is 22.6. The molecule has 1 saturated heterocycles. The summed E-state index contributed by atoms with van der Waals surface area (Å²) in [6, 6.07) is 4.01. The van der Waals surface area contributed by atoms with Crippen molar-refractivity contribution in [1.29, 1.82) is 0 Å². The Morgan fingerprint density at radius 2 is 2.16 bits per heavy atom. The fraction of sp³-hybridized carbons (Fsp3) is 0.385. The van der Waals surface area contributed by atoms with Crippen molar-refractivity contribution < 1.29 is 19.1 Å². The number of carbonyl (C=O) groups excluding carboxylic acids is 1. The second kappa shape index (κ2) is 4.81. The second-order valence-corrected chi connectivity index (χ2v) is 5.32. The maximum Gasteiger partial charge on any atom is 0.311 e. The number of carboxylic acid groups (broad SMARTS) is 1. The van der Waals surface area contributed by atoms with E-state index in [0.717, 1.165) is 0 Å². The first-order valence-electron chi connectivity index (χ1n) is 5.82. The lowest BCUT2D eigenvalue weighted by Gasteiger charge is -2.20. The fourth-order valence-electron chi connectivity index (χ4n) is 2.15. The molecule has 1 aliphatic rings. The van der Waals surface area contributed by atoms with Gasteiger partial charge in [0.05, 0.1) is 16.0 Å². The molecule has 1 heterocycles. The number of nitrogens with zero attached hydrogens (tertiary/aromatic N) is 1. The lowest BCUT2D eigenvalue weighted by molar-refractivity contribution is -0.147. The Kier molecular flexibility index (Phi) is 3.49. The maximum atomic E-state index is 13.3. The van der Waals surface area contributed by atoms with Gasteiger partial charge in [-0.2, -0.15) is 0 Å². The zero-order valence-electron chi connectivity index (χ0n) is 10.3. The largest absolute Gasteiger partial charge is 0.481 e. The summed E-state index contributed by atoms with van der Waals surface area (Å²) in [5.41, 5.74) is -0.883. The summed E-state index contributed by atoms with van der Waals surface area (Å²) >= 11 is 5.76. The molecular weight excluding hydrogens is 273 g/mol. The minimum atomic E-state index is -0.949. The number of hydrogen-bond donors (Lipinski definition) is 1. The van der Waals surface area contributed by atoms with E-state index in [1.165, 1.54) is 23.1 Å². The van der Waals surface area contributed by atoms with Crippen LogP contribution in [0.15, 0.2) is 18.2 Å². The smallest absolute Gasteiger partial charge is 0.311 e. The van der Waals surface area contributed by atoms with Gasteiger partial charge in [0.25, 0.3) is 5.91 Å². The predicted molar refractivity (Wildman–Crippen MR) is 67.7 cm³/mol. The SMILES string of the molecule is C[C@@]1(C(=O)O)CCN(C(=O)c2cccc(F)c2Cl)C1. The summed E-state index contributed by atoms with van der Waals surface area (Å²) < 4.78 is 13.3. The molecule has 2 rings (SSSR count). The van der Waals surface area contributed by atoms with Crippen molar-refractivity contribution in [2.45, 2.75) is 13.3 Å². The molecule has 6 heteroatoms. The van der Waals surface area contributed by atoms with Crippen LogP contribution in [0.5, 0.6) is 0 Å². The molecule has 1 aromatic carbocycles. The number of amides is 1. The minimum absolute atomic E-state index is 0.0660. The number of benzene rings is 1. The summed E-state index contributed by atoms with van der Waals surface area (Å²) in [6.07, 6.45) is 0.376. The molecule has 0 spiro atoms. The first kappa shape index (κ1) is 13.8. The molecule has 1 aliphatic heterocycles. The van der Waals surface area contributed by atoms with E-state index < -0.39 is 23.1 Å². The third-order valence-corrected chi connectivity index (χ3v) is 3.84. The van der Waals surface area contributed by atoms with Crippen LogP contribution in [0, 0.1) is 11.2 Å². The lowest BCUT2D eigenvalue weighted by Crippen LogP contribution is -2.35. The van der Waals surface area contributed by atoms with Gasteiger partial charge in [-0.3, -0.25) is 9.59 Å². The third-order valence-electron chi connectivity index (χ3n) is 3.46. The summed E-state index contributed by atoms with van der Waals surface area (Å²) in [6.45, 7) is 2.03. The second-order valence-electron chi connectivity index (χ2n) is 4.94. The van der Waals surface area contributed by atoms with Gasteiger partial charge >= 0.3 is 5.97 Å². The first-order chi connectivity index (χ1) is 8.85. The molecule has 1 N–H and O–H groups in total. The van der Waals surface area contributed by atoms with Crippen molar-refractivity contribution in [2.24, 2.45) is 5.41 Å². The average Bonchev–Trinajstić information content (AvgIpc) is 2.76. The first-order valence-corrected chi connectivity index (χ1v) is 6.19. The van der Waals surface area contributed by atoms with Gasteiger partial charge in [-0.05, 0) is 25.5 Å². The number of carbonyl (C=O) groups is 2. The highest BCUT2D eigenvalue weighted by Gasteiger charge is 2.42. The van der Waals surface area contributed by atoms with E-state index in [2.05, 4.69) is 0 Å². The van der Waals surface area contributed by atoms with Crippen molar-refractivity contribution in [3.63, 3.8) is 0 Å². The van der Waals surface area contributed by atoms with Crippen LogP contribution >= 0.6 is 11.6 Å². The number of rotatable bonds is 2. The van der Waals surface area contributed by atoms with Crippen LogP contribution in [0.1, 0.15) is 23.7 Å². The van der Waals surface area contributed by atoms with E-state index in [1.807, 2.05) is 0 Å². The maximum absolute atomic E-state index is 13.3. The van der Waals surface area contributed by atoms with Crippen LogP contribution in [0.25, 0.3) is 0 Å². The number of carboxylic acids is 1. The van der Waals surface area contributed by atoms with Gasteiger partial charge in [-0.15, -0.1) is 0 Å². The molecule has 1 amide bonds. The van der Waals surface area contributed by atoms with Gasteiger partial charge in [0.1, 0.15) is 5.82 Å². The molecule has 1 atom stereocenters. The van der Waals surface area contributed by atoms with E-state index in [9.17, 15) is 14.0 Å². The average molecular weight is 286 g/mol. The highest BCUT2D eigenvalue weighted by molar-refractivity contribution is 6.34. The van der Waals surface area contributed by atoms with Gasteiger partial charge < -0.3 is 10.0 Å². The Labute approximate surface area is 114 Å². The lowest BCUT2D eigenvalue weighted by atomic mass is 9.90. The molecule has 0 unspecified atom stereocenters. The molecule has 0 bridgehead atoms. The van der Waals surface area contributed by atoms with E-state index in [-0.39, 0.29) is 17.1 Å². The summed E-state index contributed by atoms with van der Waals surface area (Å²) in [5, 5.41) is 8.89. The van der Waals surface area contributed by atoms with Crippen LogP contribution in [-0.2, 0) is 4.79 Å². The molecule has 0 aromatic heterocycles. The number of likely N-dealkylation sites (tertiary alicyclic amines) is 1. The molecule has 4 nitrogen and oxygen atoms in total. The summed E-state index contributed by atoms with van der Waals surface area (Å²) in [7, 11) is 0. The summed E-state index contributed by atoms with van der Waals surface area (Å²) in [5.74, 6) is -2.03. The van der Waals surface area contributed by atoms with E-state index in [0.29, 0.717) is 13.0 Å². The van der Waals surface area contributed by atoms with Crippen molar-refractivity contribution >= 4 is 23.5 Å². The molecule has 1 aromatic rings. The van der Waals surface area contributed by atoms with Crippen molar-refractivity contribution in [2.75, 3.05) is 13.1 Å². The van der Waals surface area contributed by atoms with E-state index >= 15 is 0 Å². The molecule has 0 aliphatic carbocycles. The van der Waals surface area contributed by atoms with Crippen LogP contribution in [0.4, 0.5) is 4.39 Å². The predicted octanol–water partition coefficient (Wildman–Crippen LogP) is 2.42. The van der Waals surface area contributed by atoms with Crippen LogP contribution in [0.2, 0.25) is 5.02 Å². The van der Waals surface area contributed by atoms with Crippen molar-refractivity contribution in [1.82, 2.24) is 4.90 Å². The topological polar surface area (TPSA) is 57.6 Å². The zero-order chi connectivity index (χ0) is 14.2. The number of hydrogen-bond acceptors (Lipinski definition) is 2. The molecule has 102 valence electrons. The molecule has 0 saturated carbocycles. The summed E-state index contributed by atoms with van der Waals surface area (Å²) in [4.78, 5) is 24.7. The monoisotopic (exact) mass is 285 g/mol. The van der Waals surface area contributed by atoms with Crippen LogP contribution in [0.3, 0.4) is 0 Å². The highest BCUT2D eigenvalue weighted by atomic mass is 35.5. The van der Waals surface area contributed by atoms with Crippen LogP contribution in [-0.4, -0.2) is 35.0 Å². The zero-order valence-corrected chi connectivity index (χ0v) is 11.1. The number of aliphatic carboxylic acids is 1. The highest BCUT2D eigenvalue weighted by Crippen LogP contribution is 2.32. The standard InChI is InChI=1S/C13H13ClFNO3/c1-13(12(18)19)5-6-16(7-13)11(17)8-3-2-4-9(15)10(8)14/h2-4H,5-7H2,1H3,(H,18,19)/t13-/m1/s1. The third kappa shape index (κ3) is 2.42. The Morgan fingerprint density at radius 3 is 2.74 bits per heavy atom. The van der Waals surface area contributed by atoms with Gasteiger partial charge in [-0.1, -0.05) is 17.7 Å². The number of halogens is 2. The minimum Gasteiger partial charge on any atom is -0.481 e. The Balaban J connectivity index is 2.23. The van der Waals surface area contributed by atoms with Crippen molar-refractivity contribution in [3.05, 3.63) is 34.6 Å². The Hall–Kier alpha value is -1.62. The van der Waals surface area contributed by atoms with E-state index in [1.54, 1.807) is 6.92 Å². The van der Waals surface area contributed by atoms with Crippen LogP contribution < -0.4 is 0 Å². The van der Waals surface area contributed by atoms with Gasteiger partial charge in [0, 0.05) is 13.1 Å². The molecular formula is C13H13ClFNO3. The Bertz CT molecular complexity index is 549. The fourth-order valence-corrected chi connectivity index (χ4v) is 2.36. The van der Waals surface area contributed by atoms with E-state index in [4.69, 9.17) is 16.7 Å². The quantitative estimate of drug-likeness (QED) is 0.908. The van der Waals surface area contributed by atoms with Crippen molar-refractivity contribution in [3.8, 4) is 0 Å². The Morgan fingerprint density at radius 1 is 1.47 bits per heavy atom. The van der Waals surface area contributed by atoms with Gasteiger partial charge in [-0.25, -0.2) is 4.39 Å². The molecule has 1 fully saturated rings. The van der Waals surface area contributed by atoms with Gasteiger partial charge in [0.15, 0.2) is 0 Å². The molecule has 19 heavy (non-hydrogen) atoms. The molecule has 0 radical (unpaired) electrons.